The highest BCUT2D eigenvalue weighted by atomic mass is 16.5. The lowest BCUT2D eigenvalue weighted by molar-refractivity contribution is 0.0576. The highest BCUT2D eigenvalue weighted by molar-refractivity contribution is 6.00. The van der Waals surface area contributed by atoms with Crippen molar-refractivity contribution in [2.45, 2.75) is 12.8 Å². The van der Waals surface area contributed by atoms with Gasteiger partial charge >= 0.3 is 0 Å². The summed E-state index contributed by atoms with van der Waals surface area (Å²) in [4.78, 5) is 2.18. The molecule has 1 atom stereocenters. The van der Waals surface area contributed by atoms with Crippen molar-refractivity contribution in [3.63, 3.8) is 0 Å². The summed E-state index contributed by atoms with van der Waals surface area (Å²) < 4.78 is 5.50. The molecule has 1 aromatic rings. The van der Waals surface area contributed by atoms with Gasteiger partial charge in [-0.15, -0.1) is 0 Å². The fourth-order valence-electron chi connectivity index (χ4n) is 2.47. The van der Waals surface area contributed by atoms with Crippen molar-refractivity contribution in [2.24, 2.45) is 11.7 Å². The van der Waals surface area contributed by atoms with E-state index in [-0.39, 0.29) is 5.84 Å². The maximum absolute atomic E-state index is 7.62. The first-order chi connectivity index (χ1) is 8.68. The molecule has 0 spiro atoms. The minimum atomic E-state index is 0.123. The lowest BCUT2D eigenvalue weighted by atomic mass is 10.0. The Morgan fingerprint density at radius 2 is 2.28 bits per heavy atom. The molecule has 1 aliphatic heterocycles. The predicted octanol–water partition coefficient (Wildman–Crippen LogP) is 1.83. The number of nitrogens with zero attached hydrogens (tertiary/aromatic N) is 1. The van der Waals surface area contributed by atoms with Gasteiger partial charge in [-0.1, -0.05) is 12.1 Å². The first-order valence-corrected chi connectivity index (χ1v) is 6.41. The first-order valence-electron chi connectivity index (χ1n) is 6.41. The SMILES string of the molecule is CN(CC1CCCOC1)c1ccccc1C(=N)N. The molecule has 1 heterocycles. The Labute approximate surface area is 108 Å². The smallest absolute Gasteiger partial charge is 0.124 e. The van der Waals surface area contributed by atoms with Gasteiger partial charge in [0.05, 0.1) is 6.61 Å². The Morgan fingerprint density at radius 3 is 2.94 bits per heavy atom. The Morgan fingerprint density at radius 1 is 1.50 bits per heavy atom. The van der Waals surface area contributed by atoms with E-state index in [9.17, 15) is 0 Å². The minimum Gasteiger partial charge on any atom is -0.384 e. The van der Waals surface area contributed by atoms with Gasteiger partial charge in [0, 0.05) is 31.5 Å². The van der Waals surface area contributed by atoms with E-state index in [1.54, 1.807) is 0 Å². The van der Waals surface area contributed by atoms with Gasteiger partial charge in [-0.25, -0.2) is 0 Å². The lowest BCUT2D eigenvalue weighted by Crippen LogP contribution is -2.32. The molecule has 1 saturated heterocycles. The highest BCUT2D eigenvalue weighted by Crippen LogP contribution is 2.22. The highest BCUT2D eigenvalue weighted by Gasteiger charge is 2.17. The second-order valence-corrected chi connectivity index (χ2v) is 4.89. The van der Waals surface area contributed by atoms with Crippen LogP contribution >= 0.6 is 0 Å². The number of nitrogens with two attached hydrogens (primary N) is 1. The number of rotatable bonds is 4. The molecule has 1 unspecified atom stereocenters. The van der Waals surface area contributed by atoms with E-state index < -0.39 is 0 Å². The number of hydrogen-bond donors (Lipinski definition) is 2. The number of nitrogens with one attached hydrogen (secondary N) is 1. The molecule has 2 rings (SSSR count). The van der Waals surface area contributed by atoms with Crippen LogP contribution in [0.5, 0.6) is 0 Å². The molecule has 0 aliphatic carbocycles. The number of nitrogen functional groups attached to an aromatic ring is 1. The second-order valence-electron chi connectivity index (χ2n) is 4.89. The minimum absolute atomic E-state index is 0.123. The normalized spacial score (nSPS) is 19.5. The number of hydrogen-bond acceptors (Lipinski definition) is 3. The molecule has 4 nitrogen and oxygen atoms in total. The van der Waals surface area contributed by atoms with Crippen LogP contribution in [-0.2, 0) is 4.74 Å². The van der Waals surface area contributed by atoms with Crippen LogP contribution in [0.1, 0.15) is 18.4 Å². The molecule has 18 heavy (non-hydrogen) atoms. The van der Waals surface area contributed by atoms with Crippen molar-refractivity contribution in [3.05, 3.63) is 29.8 Å². The molecular weight excluding hydrogens is 226 g/mol. The maximum Gasteiger partial charge on any atom is 0.124 e. The molecule has 1 aromatic carbocycles. The van der Waals surface area contributed by atoms with Crippen molar-refractivity contribution in [1.29, 1.82) is 5.41 Å². The van der Waals surface area contributed by atoms with E-state index in [0.29, 0.717) is 5.92 Å². The Kier molecular flexibility index (Phi) is 4.20. The van der Waals surface area contributed by atoms with Gasteiger partial charge in [0.2, 0.25) is 0 Å². The van der Waals surface area contributed by atoms with Crippen LogP contribution in [0.3, 0.4) is 0 Å². The van der Waals surface area contributed by atoms with Crippen LogP contribution in [0.25, 0.3) is 0 Å². The standard InChI is InChI=1S/C14H21N3O/c1-17(9-11-5-4-8-18-10-11)13-7-3-2-6-12(13)14(15)16/h2-3,6-7,11H,4-5,8-10H2,1H3,(H3,15,16). The summed E-state index contributed by atoms with van der Waals surface area (Å²) in [5.41, 5.74) is 7.44. The zero-order valence-corrected chi connectivity index (χ0v) is 10.9. The van der Waals surface area contributed by atoms with Gasteiger partial charge in [0.25, 0.3) is 0 Å². The summed E-state index contributed by atoms with van der Waals surface area (Å²) in [5, 5.41) is 7.62. The third-order valence-corrected chi connectivity index (χ3v) is 3.39. The molecule has 0 amide bonds. The third-order valence-electron chi connectivity index (χ3n) is 3.39. The average molecular weight is 247 g/mol. The Balaban J connectivity index is 2.08. The van der Waals surface area contributed by atoms with Gasteiger partial charge in [-0.2, -0.15) is 0 Å². The molecule has 0 bridgehead atoms. The van der Waals surface area contributed by atoms with E-state index in [0.717, 1.165) is 37.4 Å². The number of amidine groups is 1. The van der Waals surface area contributed by atoms with Gasteiger partial charge in [-0.3, -0.25) is 5.41 Å². The number of anilines is 1. The maximum atomic E-state index is 7.62. The van der Waals surface area contributed by atoms with Crippen molar-refractivity contribution in [1.82, 2.24) is 0 Å². The van der Waals surface area contributed by atoms with Gasteiger partial charge in [0.1, 0.15) is 5.84 Å². The molecule has 3 N–H and O–H groups in total. The van der Waals surface area contributed by atoms with E-state index in [4.69, 9.17) is 15.9 Å². The second kappa shape index (κ2) is 5.87. The number of para-hydroxylation sites is 1. The summed E-state index contributed by atoms with van der Waals surface area (Å²) >= 11 is 0. The fourth-order valence-corrected chi connectivity index (χ4v) is 2.47. The zero-order chi connectivity index (χ0) is 13.0. The van der Waals surface area contributed by atoms with Gasteiger partial charge in [0.15, 0.2) is 0 Å². The topological polar surface area (TPSA) is 62.3 Å². The molecular formula is C14H21N3O. The molecule has 4 heteroatoms. The summed E-state index contributed by atoms with van der Waals surface area (Å²) in [6, 6.07) is 7.80. The van der Waals surface area contributed by atoms with Crippen LogP contribution in [0.15, 0.2) is 24.3 Å². The summed E-state index contributed by atoms with van der Waals surface area (Å²) in [7, 11) is 2.05. The van der Waals surface area contributed by atoms with E-state index in [2.05, 4.69) is 11.9 Å². The van der Waals surface area contributed by atoms with Gasteiger partial charge < -0.3 is 15.4 Å². The quantitative estimate of drug-likeness (QED) is 0.630. The zero-order valence-electron chi connectivity index (χ0n) is 10.9. The molecule has 0 saturated carbocycles. The van der Waals surface area contributed by atoms with E-state index >= 15 is 0 Å². The number of ether oxygens (including phenoxy) is 1. The van der Waals surface area contributed by atoms with E-state index in [1.165, 1.54) is 6.42 Å². The summed E-state index contributed by atoms with van der Waals surface area (Å²) in [6.07, 6.45) is 2.36. The Bertz CT molecular complexity index is 413. The molecule has 1 fully saturated rings. The lowest BCUT2D eigenvalue weighted by Gasteiger charge is -2.29. The summed E-state index contributed by atoms with van der Waals surface area (Å²) in [6.45, 7) is 2.68. The van der Waals surface area contributed by atoms with Gasteiger partial charge in [-0.05, 0) is 30.9 Å². The third kappa shape index (κ3) is 3.01. The van der Waals surface area contributed by atoms with Crippen LogP contribution < -0.4 is 10.6 Å². The fraction of sp³-hybridized carbons (Fsp3) is 0.500. The van der Waals surface area contributed by atoms with Crippen molar-refractivity contribution >= 4 is 11.5 Å². The molecule has 98 valence electrons. The van der Waals surface area contributed by atoms with Crippen molar-refractivity contribution in [3.8, 4) is 0 Å². The predicted molar refractivity (Wildman–Crippen MR) is 74.3 cm³/mol. The average Bonchev–Trinajstić information content (AvgIpc) is 2.40. The molecule has 0 radical (unpaired) electrons. The molecule has 0 aromatic heterocycles. The van der Waals surface area contributed by atoms with Crippen molar-refractivity contribution < 1.29 is 4.74 Å². The summed E-state index contributed by atoms with van der Waals surface area (Å²) in [5.74, 6) is 0.695. The van der Waals surface area contributed by atoms with Crippen molar-refractivity contribution in [2.75, 3.05) is 31.7 Å². The van der Waals surface area contributed by atoms with Crippen LogP contribution in [0.4, 0.5) is 5.69 Å². The monoisotopic (exact) mass is 247 g/mol. The van der Waals surface area contributed by atoms with Crippen LogP contribution in [0, 0.1) is 11.3 Å². The number of benzene rings is 1. The van der Waals surface area contributed by atoms with Crippen LogP contribution in [0.2, 0.25) is 0 Å². The first kappa shape index (κ1) is 12.9. The largest absolute Gasteiger partial charge is 0.384 e. The van der Waals surface area contributed by atoms with Crippen LogP contribution in [-0.4, -0.2) is 32.6 Å². The Hall–Kier alpha value is -1.55. The van der Waals surface area contributed by atoms with E-state index in [1.807, 2.05) is 24.3 Å². The molecule has 1 aliphatic rings.